The molecule has 1 aliphatic heterocycles. The van der Waals surface area contributed by atoms with Gasteiger partial charge < -0.3 is 15.2 Å². The van der Waals surface area contributed by atoms with Crippen LogP contribution in [-0.4, -0.2) is 25.4 Å². The molecule has 1 saturated heterocycles. The van der Waals surface area contributed by atoms with E-state index in [9.17, 15) is 0 Å². The molecule has 3 nitrogen and oxygen atoms in total. The molecule has 2 rings (SSSR count). The molecule has 0 aromatic heterocycles. The van der Waals surface area contributed by atoms with E-state index in [0.717, 1.165) is 31.6 Å². The minimum Gasteiger partial charge on any atom is -0.492 e. The zero-order valence-electron chi connectivity index (χ0n) is 9.47. The highest BCUT2D eigenvalue weighted by molar-refractivity contribution is 5.20. The smallest absolute Gasteiger partial charge is 0.119 e. The van der Waals surface area contributed by atoms with Gasteiger partial charge in [0, 0.05) is 12.6 Å². The van der Waals surface area contributed by atoms with Crippen LogP contribution in [0.1, 0.15) is 19.3 Å². The molecule has 1 aromatic carbocycles. The summed E-state index contributed by atoms with van der Waals surface area (Å²) in [7, 11) is 0. The maximum absolute atomic E-state index is 6.00. The molecule has 3 heteroatoms. The quantitative estimate of drug-likeness (QED) is 0.826. The molecule has 88 valence electrons. The number of rotatable bonds is 5. The lowest BCUT2D eigenvalue weighted by Gasteiger charge is -2.16. The van der Waals surface area contributed by atoms with Crippen molar-refractivity contribution in [2.24, 2.45) is 5.73 Å². The third kappa shape index (κ3) is 3.51. The Bertz CT molecular complexity index is 296. The molecule has 1 aromatic rings. The van der Waals surface area contributed by atoms with E-state index in [1.54, 1.807) is 0 Å². The third-order valence-corrected chi connectivity index (χ3v) is 2.80. The molecule has 0 amide bonds. The van der Waals surface area contributed by atoms with E-state index in [2.05, 4.69) is 0 Å². The van der Waals surface area contributed by atoms with Crippen LogP contribution in [0.4, 0.5) is 0 Å². The summed E-state index contributed by atoms with van der Waals surface area (Å²) in [6.07, 6.45) is 3.54. The van der Waals surface area contributed by atoms with E-state index in [1.165, 1.54) is 0 Å². The second-order valence-electron chi connectivity index (χ2n) is 4.25. The first-order valence-electron chi connectivity index (χ1n) is 5.89. The molecular weight excluding hydrogens is 202 g/mol. The summed E-state index contributed by atoms with van der Waals surface area (Å²) in [6.45, 7) is 1.45. The van der Waals surface area contributed by atoms with E-state index in [0.29, 0.717) is 12.7 Å². The molecule has 0 spiro atoms. The second kappa shape index (κ2) is 5.87. The van der Waals surface area contributed by atoms with Crippen molar-refractivity contribution in [1.29, 1.82) is 0 Å². The summed E-state index contributed by atoms with van der Waals surface area (Å²) in [5, 5.41) is 0. The van der Waals surface area contributed by atoms with Crippen LogP contribution in [0.3, 0.4) is 0 Å². The highest BCUT2D eigenvalue weighted by Gasteiger charge is 2.18. The summed E-state index contributed by atoms with van der Waals surface area (Å²) in [5.41, 5.74) is 6.00. The number of nitrogens with two attached hydrogens (primary N) is 1. The van der Waals surface area contributed by atoms with Gasteiger partial charge in [-0.2, -0.15) is 0 Å². The molecule has 16 heavy (non-hydrogen) atoms. The minimum absolute atomic E-state index is 0.0586. The average molecular weight is 221 g/mol. The Hall–Kier alpha value is -1.06. The van der Waals surface area contributed by atoms with Crippen LogP contribution in [0.15, 0.2) is 30.3 Å². The lowest BCUT2D eigenvalue weighted by Crippen LogP contribution is -2.31. The van der Waals surface area contributed by atoms with Gasteiger partial charge in [0.1, 0.15) is 12.4 Å². The van der Waals surface area contributed by atoms with Crippen LogP contribution in [0, 0.1) is 0 Å². The Morgan fingerprint density at radius 1 is 1.38 bits per heavy atom. The zero-order valence-corrected chi connectivity index (χ0v) is 9.47. The van der Waals surface area contributed by atoms with E-state index in [4.69, 9.17) is 15.2 Å². The Balaban J connectivity index is 1.69. The van der Waals surface area contributed by atoms with Crippen molar-refractivity contribution in [3.8, 4) is 5.75 Å². The summed E-state index contributed by atoms with van der Waals surface area (Å²) >= 11 is 0. The summed E-state index contributed by atoms with van der Waals surface area (Å²) < 4.78 is 11.1. The lowest BCUT2D eigenvalue weighted by atomic mass is 10.1. The molecule has 1 heterocycles. The molecule has 1 aliphatic rings. The van der Waals surface area contributed by atoms with Crippen LogP contribution in [0.5, 0.6) is 5.75 Å². The second-order valence-corrected chi connectivity index (χ2v) is 4.25. The van der Waals surface area contributed by atoms with Crippen LogP contribution < -0.4 is 10.5 Å². The van der Waals surface area contributed by atoms with E-state index in [1.807, 2.05) is 30.3 Å². The van der Waals surface area contributed by atoms with Crippen LogP contribution in [0.25, 0.3) is 0 Å². The van der Waals surface area contributed by atoms with Gasteiger partial charge in [0.25, 0.3) is 0 Å². The van der Waals surface area contributed by atoms with Crippen molar-refractivity contribution < 1.29 is 9.47 Å². The van der Waals surface area contributed by atoms with E-state index < -0.39 is 0 Å². The number of para-hydroxylation sites is 1. The molecular formula is C13H19NO2. The predicted molar refractivity (Wildman–Crippen MR) is 63.5 cm³/mol. The number of benzene rings is 1. The molecule has 2 N–H and O–H groups in total. The van der Waals surface area contributed by atoms with Gasteiger partial charge in [-0.05, 0) is 31.4 Å². The fraction of sp³-hybridized carbons (Fsp3) is 0.538. The first kappa shape index (κ1) is 11.4. The molecule has 0 aliphatic carbocycles. The topological polar surface area (TPSA) is 44.5 Å². The zero-order chi connectivity index (χ0) is 11.2. The van der Waals surface area contributed by atoms with Crippen LogP contribution >= 0.6 is 0 Å². The SMILES string of the molecule is NC(COc1ccccc1)CC1CCCO1. The fourth-order valence-corrected chi connectivity index (χ4v) is 1.96. The Morgan fingerprint density at radius 3 is 2.88 bits per heavy atom. The largest absolute Gasteiger partial charge is 0.492 e. The lowest BCUT2D eigenvalue weighted by molar-refractivity contribution is 0.0924. The first-order valence-corrected chi connectivity index (χ1v) is 5.89. The minimum atomic E-state index is 0.0586. The molecule has 1 fully saturated rings. The third-order valence-electron chi connectivity index (χ3n) is 2.80. The van der Waals surface area contributed by atoms with Crippen molar-refractivity contribution in [3.05, 3.63) is 30.3 Å². The molecule has 2 atom stereocenters. The maximum atomic E-state index is 6.00. The number of ether oxygens (including phenoxy) is 2. The first-order chi connectivity index (χ1) is 7.84. The highest BCUT2D eigenvalue weighted by Crippen LogP contribution is 2.17. The van der Waals surface area contributed by atoms with Gasteiger partial charge in [-0.3, -0.25) is 0 Å². The van der Waals surface area contributed by atoms with Crippen molar-refractivity contribution in [2.75, 3.05) is 13.2 Å². The van der Waals surface area contributed by atoms with Crippen molar-refractivity contribution in [3.63, 3.8) is 0 Å². The monoisotopic (exact) mass is 221 g/mol. The van der Waals surface area contributed by atoms with Gasteiger partial charge in [0.15, 0.2) is 0 Å². The van der Waals surface area contributed by atoms with Gasteiger partial charge >= 0.3 is 0 Å². The molecule has 0 saturated carbocycles. The maximum Gasteiger partial charge on any atom is 0.119 e. The number of hydrogen-bond donors (Lipinski definition) is 1. The molecule has 0 bridgehead atoms. The van der Waals surface area contributed by atoms with Gasteiger partial charge in [0.05, 0.1) is 6.10 Å². The average Bonchev–Trinajstić information content (AvgIpc) is 2.81. The van der Waals surface area contributed by atoms with Gasteiger partial charge in [-0.15, -0.1) is 0 Å². The fourth-order valence-electron chi connectivity index (χ4n) is 1.96. The van der Waals surface area contributed by atoms with Gasteiger partial charge in [-0.1, -0.05) is 18.2 Å². The molecule has 2 unspecified atom stereocenters. The number of hydrogen-bond acceptors (Lipinski definition) is 3. The van der Waals surface area contributed by atoms with Crippen molar-refractivity contribution >= 4 is 0 Å². The Labute approximate surface area is 96.5 Å². The Morgan fingerprint density at radius 2 is 2.19 bits per heavy atom. The highest BCUT2D eigenvalue weighted by atomic mass is 16.5. The predicted octanol–water partition coefficient (Wildman–Crippen LogP) is 1.96. The molecule has 0 radical (unpaired) electrons. The van der Waals surface area contributed by atoms with E-state index >= 15 is 0 Å². The van der Waals surface area contributed by atoms with Crippen molar-refractivity contribution in [1.82, 2.24) is 0 Å². The standard InChI is InChI=1S/C13H19NO2/c14-11(9-13-7-4-8-15-13)10-16-12-5-2-1-3-6-12/h1-3,5-6,11,13H,4,7-10,14H2. The van der Waals surface area contributed by atoms with Gasteiger partial charge in [0.2, 0.25) is 0 Å². The van der Waals surface area contributed by atoms with Crippen LogP contribution in [-0.2, 0) is 4.74 Å². The Kier molecular flexibility index (Phi) is 4.19. The van der Waals surface area contributed by atoms with Crippen LogP contribution in [0.2, 0.25) is 0 Å². The summed E-state index contributed by atoms with van der Waals surface area (Å²) in [6, 6.07) is 9.84. The van der Waals surface area contributed by atoms with Gasteiger partial charge in [-0.25, -0.2) is 0 Å². The van der Waals surface area contributed by atoms with Crippen molar-refractivity contribution in [2.45, 2.75) is 31.4 Å². The normalized spacial score (nSPS) is 21.9. The summed E-state index contributed by atoms with van der Waals surface area (Å²) in [4.78, 5) is 0. The summed E-state index contributed by atoms with van der Waals surface area (Å²) in [5.74, 6) is 0.880. The van der Waals surface area contributed by atoms with E-state index in [-0.39, 0.29) is 6.04 Å².